The van der Waals surface area contributed by atoms with Crippen LogP contribution in [-0.2, 0) is 6.42 Å². The fourth-order valence-electron chi connectivity index (χ4n) is 2.56. The van der Waals surface area contributed by atoms with Crippen LogP contribution in [0.15, 0.2) is 59.8 Å². The number of benzene rings is 1. The van der Waals surface area contributed by atoms with Gasteiger partial charge in [0.05, 0.1) is 5.69 Å². The summed E-state index contributed by atoms with van der Waals surface area (Å²) >= 11 is 0. The fourth-order valence-corrected chi connectivity index (χ4v) is 2.56. The maximum absolute atomic E-state index is 12.3. The summed E-state index contributed by atoms with van der Waals surface area (Å²) < 4.78 is 1.89. The van der Waals surface area contributed by atoms with E-state index in [9.17, 15) is 4.79 Å². The van der Waals surface area contributed by atoms with Gasteiger partial charge in [0, 0.05) is 11.9 Å². The highest BCUT2D eigenvalue weighted by Gasteiger charge is 2.15. The van der Waals surface area contributed by atoms with Crippen molar-refractivity contribution in [3.63, 3.8) is 0 Å². The summed E-state index contributed by atoms with van der Waals surface area (Å²) in [6.45, 7) is 3.79. The molecule has 0 unspecified atom stereocenters. The third-order valence-electron chi connectivity index (χ3n) is 3.95. The number of fused-ring (bicyclic) bond motifs is 1. The molecule has 0 bridgehead atoms. The van der Waals surface area contributed by atoms with Crippen LogP contribution in [0, 0.1) is 6.92 Å². The molecule has 0 aliphatic heterocycles. The van der Waals surface area contributed by atoms with Crippen LogP contribution in [0.3, 0.4) is 0 Å². The van der Waals surface area contributed by atoms with E-state index in [2.05, 4.69) is 27.6 Å². The molecule has 1 amide bonds. The summed E-state index contributed by atoms with van der Waals surface area (Å²) in [4.78, 5) is 16.7. The van der Waals surface area contributed by atoms with Crippen molar-refractivity contribution in [2.75, 3.05) is 0 Å². The van der Waals surface area contributed by atoms with E-state index in [0.29, 0.717) is 5.69 Å². The highest BCUT2D eigenvalue weighted by molar-refractivity contribution is 5.95. The first-order valence-electron chi connectivity index (χ1n) is 7.96. The van der Waals surface area contributed by atoms with E-state index < -0.39 is 0 Å². The summed E-state index contributed by atoms with van der Waals surface area (Å²) in [5, 5.41) is 4.19. The van der Waals surface area contributed by atoms with Gasteiger partial charge in [0.2, 0.25) is 0 Å². The van der Waals surface area contributed by atoms with E-state index in [1.54, 1.807) is 0 Å². The molecule has 0 spiro atoms. The molecule has 3 aromatic rings. The van der Waals surface area contributed by atoms with Gasteiger partial charge in [-0.1, -0.05) is 36.4 Å². The van der Waals surface area contributed by atoms with E-state index in [-0.39, 0.29) is 5.91 Å². The molecule has 0 saturated heterocycles. The molecule has 5 nitrogen and oxygen atoms in total. The van der Waals surface area contributed by atoms with Crippen molar-refractivity contribution in [3.05, 3.63) is 71.7 Å². The Balaban J connectivity index is 1.64. The zero-order valence-corrected chi connectivity index (χ0v) is 13.9. The average Bonchev–Trinajstić information content (AvgIpc) is 2.96. The van der Waals surface area contributed by atoms with E-state index in [1.165, 1.54) is 5.56 Å². The lowest BCUT2D eigenvalue weighted by molar-refractivity contribution is 0.0949. The Hall–Kier alpha value is -2.95. The predicted molar refractivity (Wildman–Crippen MR) is 95.3 cm³/mol. The molecule has 0 aliphatic carbocycles. The smallest absolute Gasteiger partial charge is 0.291 e. The lowest BCUT2D eigenvalue weighted by Crippen LogP contribution is -2.20. The number of aryl methyl sites for hydroxylation is 2. The Morgan fingerprint density at radius 2 is 1.92 bits per heavy atom. The van der Waals surface area contributed by atoms with Gasteiger partial charge < -0.3 is 4.40 Å². The fraction of sp³-hybridized carbons (Fsp3) is 0.211. The number of imidazole rings is 1. The number of carbonyl (C=O) groups excluding carboxylic acids is 1. The van der Waals surface area contributed by atoms with Crippen LogP contribution in [0.1, 0.15) is 35.1 Å². The number of rotatable bonds is 5. The van der Waals surface area contributed by atoms with Gasteiger partial charge in [-0.2, -0.15) is 5.10 Å². The topological polar surface area (TPSA) is 58.8 Å². The highest BCUT2D eigenvalue weighted by atomic mass is 16.2. The predicted octanol–water partition coefficient (Wildman–Crippen LogP) is 3.38. The van der Waals surface area contributed by atoms with Gasteiger partial charge in [0.15, 0.2) is 5.69 Å². The van der Waals surface area contributed by atoms with Gasteiger partial charge in [0.1, 0.15) is 5.65 Å². The van der Waals surface area contributed by atoms with Gasteiger partial charge >= 0.3 is 0 Å². The second-order valence-electron chi connectivity index (χ2n) is 5.75. The first kappa shape index (κ1) is 15.9. The minimum atomic E-state index is -0.282. The summed E-state index contributed by atoms with van der Waals surface area (Å²) in [5.74, 6) is -0.282. The van der Waals surface area contributed by atoms with E-state index in [4.69, 9.17) is 0 Å². The number of carbonyl (C=O) groups is 1. The van der Waals surface area contributed by atoms with E-state index in [1.807, 2.05) is 60.8 Å². The number of nitrogens with one attached hydrogen (secondary N) is 1. The van der Waals surface area contributed by atoms with Crippen molar-refractivity contribution < 1.29 is 4.79 Å². The monoisotopic (exact) mass is 320 g/mol. The minimum Gasteiger partial charge on any atom is -0.304 e. The number of hydrazone groups is 1. The van der Waals surface area contributed by atoms with Crippen molar-refractivity contribution in [1.82, 2.24) is 14.8 Å². The summed E-state index contributed by atoms with van der Waals surface area (Å²) in [5.41, 5.74) is 6.72. The van der Waals surface area contributed by atoms with Gasteiger partial charge in [-0.3, -0.25) is 4.79 Å². The lowest BCUT2D eigenvalue weighted by Gasteiger charge is -2.03. The second kappa shape index (κ2) is 7.08. The molecular formula is C19H20N4O. The van der Waals surface area contributed by atoms with Crippen molar-refractivity contribution in [2.24, 2.45) is 5.10 Å². The van der Waals surface area contributed by atoms with Gasteiger partial charge in [-0.15, -0.1) is 0 Å². The third kappa shape index (κ3) is 3.51. The molecule has 24 heavy (non-hydrogen) atoms. The molecule has 1 aromatic carbocycles. The minimum absolute atomic E-state index is 0.282. The standard InChI is InChI=1S/C19H20N4O/c1-14(11-12-16-8-4-3-5-9-16)21-22-19(24)18-15(2)23-13-7-6-10-17(23)20-18/h3-10,13H,11-12H2,1-2H3,(H,22,24)/b21-14+. The number of hydrogen-bond acceptors (Lipinski definition) is 3. The van der Waals surface area contributed by atoms with Crippen LogP contribution in [0.2, 0.25) is 0 Å². The van der Waals surface area contributed by atoms with Gasteiger partial charge in [-0.05, 0) is 44.4 Å². The first-order chi connectivity index (χ1) is 11.6. The van der Waals surface area contributed by atoms with Crippen LogP contribution in [0.5, 0.6) is 0 Å². The molecule has 5 heteroatoms. The van der Waals surface area contributed by atoms with Crippen LogP contribution < -0.4 is 5.43 Å². The number of nitrogens with zero attached hydrogens (tertiary/aromatic N) is 3. The molecule has 0 radical (unpaired) electrons. The summed E-state index contributed by atoms with van der Waals surface area (Å²) in [6.07, 6.45) is 3.59. The summed E-state index contributed by atoms with van der Waals surface area (Å²) in [6, 6.07) is 15.9. The van der Waals surface area contributed by atoms with Crippen molar-refractivity contribution in [3.8, 4) is 0 Å². The van der Waals surface area contributed by atoms with Crippen molar-refractivity contribution >= 4 is 17.3 Å². The van der Waals surface area contributed by atoms with E-state index in [0.717, 1.165) is 29.9 Å². The number of amides is 1. The Labute approximate surface area is 141 Å². The maximum Gasteiger partial charge on any atom is 0.291 e. The molecule has 0 atom stereocenters. The Morgan fingerprint density at radius 1 is 1.17 bits per heavy atom. The van der Waals surface area contributed by atoms with Gasteiger partial charge in [0.25, 0.3) is 5.91 Å². The van der Waals surface area contributed by atoms with Crippen LogP contribution >= 0.6 is 0 Å². The van der Waals surface area contributed by atoms with Crippen LogP contribution in [0.25, 0.3) is 5.65 Å². The SMILES string of the molecule is C/C(CCc1ccccc1)=N\NC(=O)c1nc2ccccn2c1C. The van der Waals surface area contributed by atoms with Crippen LogP contribution in [-0.4, -0.2) is 21.0 Å². The molecule has 1 N–H and O–H groups in total. The molecule has 3 rings (SSSR count). The zero-order chi connectivity index (χ0) is 16.9. The Kier molecular flexibility index (Phi) is 4.70. The molecule has 2 heterocycles. The quantitative estimate of drug-likeness (QED) is 0.579. The number of pyridine rings is 1. The first-order valence-corrected chi connectivity index (χ1v) is 7.96. The largest absolute Gasteiger partial charge is 0.304 e. The average molecular weight is 320 g/mol. The second-order valence-corrected chi connectivity index (χ2v) is 5.75. The Bertz CT molecular complexity index is 881. The highest BCUT2D eigenvalue weighted by Crippen LogP contribution is 2.11. The molecular weight excluding hydrogens is 300 g/mol. The van der Waals surface area contributed by atoms with Crippen LogP contribution in [0.4, 0.5) is 0 Å². The number of aromatic nitrogens is 2. The molecule has 2 aromatic heterocycles. The molecule has 122 valence electrons. The third-order valence-corrected chi connectivity index (χ3v) is 3.95. The van der Waals surface area contributed by atoms with Crippen molar-refractivity contribution in [1.29, 1.82) is 0 Å². The Morgan fingerprint density at radius 3 is 2.67 bits per heavy atom. The van der Waals surface area contributed by atoms with Crippen molar-refractivity contribution in [2.45, 2.75) is 26.7 Å². The maximum atomic E-state index is 12.3. The summed E-state index contributed by atoms with van der Waals surface area (Å²) in [7, 11) is 0. The van der Waals surface area contributed by atoms with Gasteiger partial charge in [-0.25, -0.2) is 10.4 Å². The normalized spacial score (nSPS) is 11.7. The number of hydrogen-bond donors (Lipinski definition) is 1. The molecule has 0 fully saturated rings. The molecule has 0 saturated carbocycles. The van der Waals surface area contributed by atoms with E-state index >= 15 is 0 Å². The zero-order valence-electron chi connectivity index (χ0n) is 13.9. The lowest BCUT2D eigenvalue weighted by atomic mass is 10.1. The molecule has 0 aliphatic rings.